The van der Waals surface area contributed by atoms with Crippen LogP contribution in [0, 0.1) is 0 Å². The Morgan fingerprint density at radius 1 is 1.80 bits per heavy atom. The summed E-state index contributed by atoms with van der Waals surface area (Å²) in [4.78, 5) is 5.02. The highest BCUT2D eigenvalue weighted by atomic mass is 32.1. The summed E-state index contributed by atoms with van der Waals surface area (Å²) in [6, 6.07) is 2.05. The van der Waals surface area contributed by atoms with Crippen LogP contribution in [0.15, 0.2) is 22.0 Å². The zero-order valence-corrected chi connectivity index (χ0v) is 6.10. The number of rotatable bonds is 1. The molecule has 1 atom stereocenters. The molecule has 0 saturated heterocycles. The van der Waals surface area contributed by atoms with Crippen molar-refractivity contribution in [2.75, 3.05) is 0 Å². The van der Waals surface area contributed by atoms with Gasteiger partial charge in [0.1, 0.15) is 6.21 Å². The van der Waals surface area contributed by atoms with E-state index in [2.05, 4.69) is 22.8 Å². The number of hydrogen-bond acceptors (Lipinski definition) is 3. The molecule has 1 aliphatic heterocycles. The van der Waals surface area contributed by atoms with Gasteiger partial charge < -0.3 is 4.84 Å². The highest BCUT2D eigenvalue weighted by Gasteiger charge is 2.15. The quantitative estimate of drug-likeness (QED) is 0.603. The SMILES string of the molecule is [C]1=NOC(c2ccsc2)C1. The van der Waals surface area contributed by atoms with Gasteiger partial charge in [-0.05, 0) is 16.8 Å². The largest absolute Gasteiger partial charge is 0.387 e. The molecule has 1 aromatic rings. The van der Waals surface area contributed by atoms with E-state index < -0.39 is 0 Å². The van der Waals surface area contributed by atoms with Gasteiger partial charge in [-0.2, -0.15) is 11.3 Å². The van der Waals surface area contributed by atoms with Gasteiger partial charge in [-0.25, -0.2) is 0 Å². The summed E-state index contributed by atoms with van der Waals surface area (Å²) in [5, 5.41) is 7.69. The molecule has 1 aromatic heterocycles. The maximum atomic E-state index is 5.02. The maximum absolute atomic E-state index is 5.02. The third-order valence-electron chi connectivity index (χ3n) is 1.44. The smallest absolute Gasteiger partial charge is 0.159 e. The molecule has 2 heterocycles. The molecular weight excluding hydrogens is 146 g/mol. The summed E-state index contributed by atoms with van der Waals surface area (Å²) in [5.74, 6) is 0. The van der Waals surface area contributed by atoms with Crippen LogP contribution in [0.25, 0.3) is 0 Å². The van der Waals surface area contributed by atoms with Gasteiger partial charge in [0, 0.05) is 12.0 Å². The van der Waals surface area contributed by atoms with Gasteiger partial charge in [0.15, 0.2) is 6.10 Å². The molecule has 3 heteroatoms. The Morgan fingerprint density at radius 3 is 3.40 bits per heavy atom. The van der Waals surface area contributed by atoms with Crippen LogP contribution in [0.3, 0.4) is 0 Å². The zero-order valence-electron chi connectivity index (χ0n) is 5.28. The molecule has 0 saturated carbocycles. The third-order valence-corrected chi connectivity index (χ3v) is 2.14. The van der Waals surface area contributed by atoms with Gasteiger partial charge in [-0.15, -0.1) is 0 Å². The minimum Gasteiger partial charge on any atom is -0.387 e. The first-order valence-electron chi connectivity index (χ1n) is 3.07. The molecule has 0 fully saturated rings. The van der Waals surface area contributed by atoms with E-state index >= 15 is 0 Å². The van der Waals surface area contributed by atoms with Crippen molar-refractivity contribution in [2.24, 2.45) is 5.16 Å². The van der Waals surface area contributed by atoms with Crippen molar-refractivity contribution in [3.63, 3.8) is 0 Å². The fourth-order valence-electron chi connectivity index (χ4n) is 0.895. The van der Waals surface area contributed by atoms with Gasteiger partial charge in [0.2, 0.25) is 0 Å². The lowest BCUT2D eigenvalue weighted by Gasteiger charge is -2.02. The Morgan fingerprint density at radius 2 is 2.80 bits per heavy atom. The van der Waals surface area contributed by atoms with E-state index in [1.807, 2.05) is 5.38 Å². The molecule has 2 rings (SSSR count). The molecule has 0 aliphatic carbocycles. The minimum absolute atomic E-state index is 0.131. The van der Waals surface area contributed by atoms with Crippen molar-refractivity contribution in [1.29, 1.82) is 0 Å². The predicted octanol–water partition coefficient (Wildman–Crippen LogP) is 2.07. The number of nitrogens with zero attached hydrogens (tertiary/aromatic N) is 1. The van der Waals surface area contributed by atoms with Crippen LogP contribution in [0.4, 0.5) is 0 Å². The lowest BCUT2D eigenvalue weighted by atomic mass is 10.1. The van der Waals surface area contributed by atoms with Crippen LogP contribution in [0.2, 0.25) is 0 Å². The van der Waals surface area contributed by atoms with E-state index in [4.69, 9.17) is 4.84 Å². The second-order valence-corrected chi connectivity index (χ2v) is 2.88. The molecule has 1 radical (unpaired) electrons. The number of hydrogen-bond donors (Lipinski definition) is 0. The summed E-state index contributed by atoms with van der Waals surface area (Å²) in [6.07, 6.45) is 3.69. The van der Waals surface area contributed by atoms with Crippen molar-refractivity contribution in [2.45, 2.75) is 12.5 Å². The molecule has 0 amide bonds. The Balaban J connectivity index is 2.14. The number of thiophene rings is 1. The van der Waals surface area contributed by atoms with Crippen LogP contribution in [0.1, 0.15) is 18.1 Å². The molecular formula is C7H6NOS. The second kappa shape index (κ2) is 2.42. The van der Waals surface area contributed by atoms with Gasteiger partial charge in [0.25, 0.3) is 0 Å². The maximum Gasteiger partial charge on any atom is 0.159 e. The van der Waals surface area contributed by atoms with Gasteiger partial charge in [0.05, 0.1) is 0 Å². The average molecular weight is 152 g/mol. The Bertz CT molecular complexity index is 222. The third kappa shape index (κ3) is 0.926. The zero-order chi connectivity index (χ0) is 6.81. The molecule has 51 valence electrons. The van der Waals surface area contributed by atoms with Crippen LogP contribution in [-0.4, -0.2) is 6.21 Å². The Kier molecular flexibility index (Phi) is 1.43. The van der Waals surface area contributed by atoms with Crippen molar-refractivity contribution in [3.05, 3.63) is 22.4 Å². The van der Waals surface area contributed by atoms with Crippen molar-refractivity contribution in [3.8, 4) is 0 Å². The van der Waals surface area contributed by atoms with E-state index in [-0.39, 0.29) is 6.10 Å². The fourth-order valence-corrected chi connectivity index (χ4v) is 1.60. The summed E-state index contributed by atoms with van der Waals surface area (Å²) in [5.41, 5.74) is 1.21. The monoisotopic (exact) mass is 152 g/mol. The van der Waals surface area contributed by atoms with E-state index in [0.29, 0.717) is 0 Å². The normalized spacial score (nSPS) is 23.0. The van der Waals surface area contributed by atoms with Gasteiger partial charge in [-0.1, -0.05) is 5.16 Å². The van der Waals surface area contributed by atoms with E-state index in [1.165, 1.54) is 5.56 Å². The fraction of sp³-hybridized carbons (Fsp3) is 0.286. The molecule has 0 N–H and O–H groups in total. The van der Waals surface area contributed by atoms with Gasteiger partial charge in [-0.3, -0.25) is 0 Å². The first kappa shape index (κ1) is 5.92. The Hall–Kier alpha value is -0.830. The first-order valence-corrected chi connectivity index (χ1v) is 4.02. The molecule has 2 nitrogen and oxygen atoms in total. The second-order valence-electron chi connectivity index (χ2n) is 2.10. The van der Waals surface area contributed by atoms with Crippen LogP contribution in [-0.2, 0) is 4.84 Å². The van der Waals surface area contributed by atoms with E-state index in [0.717, 1.165) is 6.42 Å². The lowest BCUT2D eigenvalue weighted by Crippen LogP contribution is -1.91. The van der Waals surface area contributed by atoms with Crippen molar-refractivity contribution < 1.29 is 4.84 Å². The Labute approximate surface area is 63.1 Å². The van der Waals surface area contributed by atoms with Crippen LogP contribution < -0.4 is 0 Å². The van der Waals surface area contributed by atoms with E-state index in [1.54, 1.807) is 11.3 Å². The van der Waals surface area contributed by atoms with Gasteiger partial charge >= 0.3 is 0 Å². The summed E-state index contributed by atoms with van der Waals surface area (Å²) in [6.45, 7) is 0. The summed E-state index contributed by atoms with van der Waals surface area (Å²) < 4.78 is 0. The van der Waals surface area contributed by atoms with E-state index in [9.17, 15) is 0 Å². The summed E-state index contributed by atoms with van der Waals surface area (Å²) >= 11 is 1.68. The highest BCUT2D eigenvalue weighted by Crippen LogP contribution is 2.25. The summed E-state index contributed by atoms with van der Waals surface area (Å²) in [7, 11) is 0. The first-order chi connectivity index (χ1) is 4.97. The molecule has 0 aromatic carbocycles. The van der Waals surface area contributed by atoms with Crippen molar-refractivity contribution in [1.82, 2.24) is 0 Å². The van der Waals surface area contributed by atoms with Crippen LogP contribution in [0.5, 0.6) is 0 Å². The molecule has 1 aliphatic rings. The van der Waals surface area contributed by atoms with Crippen LogP contribution >= 0.6 is 11.3 Å². The predicted molar refractivity (Wildman–Crippen MR) is 40.2 cm³/mol. The standard InChI is InChI=1S/C7H6NOS/c1-3-8-9-7(1)6-2-4-10-5-6/h2,4-5,7H,1H2. The minimum atomic E-state index is 0.131. The molecule has 1 unspecified atom stereocenters. The molecule has 0 spiro atoms. The average Bonchev–Trinajstić information content (AvgIpc) is 2.59. The lowest BCUT2D eigenvalue weighted by molar-refractivity contribution is 0.0861. The van der Waals surface area contributed by atoms with Crippen molar-refractivity contribution >= 4 is 17.6 Å². The molecule has 0 bridgehead atoms. The molecule has 10 heavy (non-hydrogen) atoms. The topological polar surface area (TPSA) is 21.6 Å². The highest BCUT2D eigenvalue weighted by molar-refractivity contribution is 7.07.